The Morgan fingerprint density at radius 1 is 1.38 bits per heavy atom. The molecule has 0 aromatic rings. The molecule has 0 radical (unpaired) electrons. The van der Waals surface area contributed by atoms with Crippen molar-refractivity contribution in [3.8, 4) is 0 Å². The SMILES string of the molecule is CC(S)OCC(=O)C1(O)CCC2C3CCC4=CC(=O)C=CC4(C)C3C(O)CC21C. The largest absolute Gasteiger partial charge is 0.393 e. The Balaban J connectivity index is 1.66. The van der Waals surface area contributed by atoms with Gasteiger partial charge in [-0.05, 0) is 63.0 Å². The van der Waals surface area contributed by atoms with Crippen molar-refractivity contribution in [1.29, 1.82) is 0 Å². The number of Topliss-reactive ketones (excluding diaryl/α,β-unsaturated/α-hetero) is 1. The Kier molecular flexibility index (Phi) is 5.17. The second-order valence-electron chi connectivity index (χ2n) is 9.94. The van der Waals surface area contributed by atoms with E-state index in [2.05, 4.69) is 19.6 Å². The fraction of sp³-hybridized carbons (Fsp3) is 0.739. The fourth-order valence-electron chi connectivity index (χ4n) is 7.10. The van der Waals surface area contributed by atoms with Gasteiger partial charge in [-0.25, -0.2) is 0 Å². The van der Waals surface area contributed by atoms with Gasteiger partial charge in [0.15, 0.2) is 11.6 Å². The van der Waals surface area contributed by atoms with Crippen LogP contribution in [0.2, 0.25) is 0 Å². The molecule has 2 N–H and O–H groups in total. The maximum Gasteiger partial charge on any atom is 0.190 e. The monoisotopic (exact) mass is 420 g/mol. The molecular weight excluding hydrogens is 388 g/mol. The van der Waals surface area contributed by atoms with Crippen molar-refractivity contribution < 1.29 is 24.5 Å². The zero-order valence-corrected chi connectivity index (χ0v) is 18.3. The van der Waals surface area contributed by atoms with Gasteiger partial charge in [0.1, 0.15) is 12.2 Å². The molecule has 4 aliphatic rings. The van der Waals surface area contributed by atoms with Crippen molar-refractivity contribution >= 4 is 24.2 Å². The lowest BCUT2D eigenvalue weighted by Crippen LogP contribution is -2.61. The van der Waals surface area contributed by atoms with E-state index in [-0.39, 0.29) is 46.8 Å². The molecule has 3 saturated carbocycles. The second-order valence-corrected chi connectivity index (χ2v) is 10.7. The second kappa shape index (κ2) is 7.04. The first-order valence-electron chi connectivity index (χ1n) is 10.7. The molecule has 8 unspecified atom stereocenters. The Morgan fingerprint density at radius 2 is 2.10 bits per heavy atom. The van der Waals surface area contributed by atoms with Gasteiger partial charge < -0.3 is 14.9 Å². The quantitative estimate of drug-likeness (QED) is 0.481. The molecular formula is C23H32O5S. The van der Waals surface area contributed by atoms with Crippen LogP contribution in [0, 0.1) is 28.6 Å². The Labute approximate surface area is 178 Å². The van der Waals surface area contributed by atoms with E-state index in [1.165, 1.54) is 0 Å². The van der Waals surface area contributed by atoms with Crippen molar-refractivity contribution in [2.75, 3.05) is 6.61 Å². The van der Waals surface area contributed by atoms with Crippen LogP contribution in [0.5, 0.6) is 0 Å². The van der Waals surface area contributed by atoms with E-state index >= 15 is 0 Å². The van der Waals surface area contributed by atoms with E-state index in [4.69, 9.17) is 4.74 Å². The number of aliphatic hydroxyl groups excluding tert-OH is 1. The van der Waals surface area contributed by atoms with E-state index in [1.807, 2.05) is 13.0 Å². The number of fused-ring (bicyclic) bond motifs is 5. The van der Waals surface area contributed by atoms with Gasteiger partial charge in [-0.2, -0.15) is 0 Å². The summed E-state index contributed by atoms with van der Waals surface area (Å²) in [5, 5.41) is 22.8. The molecule has 0 heterocycles. The highest BCUT2D eigenvalue weighted by atomic mass is 32.1. The standard InChI is InChI=1S/C23H32O5S/c1-13(29)28-12-19(26)23(27)9-7-17-16-5-4-14-10-15(24)6-8-21(14,2)20(16)18(25)11-22(17,23)3/h6,8,10,13,16-18,20,25,27,29H,4-5,7,9,11-12H2,1-3H3. The summed E-state index contributed by atoms with van der Waals surface area (Å²) in [6.45, 7) is 5.67. The Bertz CT molecular complexity index is 788. The molecule has 4 rings (SSSR count). The predicted octanol–water partition coefficient (Wildman–Crippen LogP) is 2.86. The zero-order valence-electron chi connectivity index (χ0n) is 17.4. The third kappa shape index (κ3) is 3.01. The molecule has 0 aliphatic heterocycles. The smallest absolute Gasteiger partial charge is 0.190 e. The van der Waals surface area contributed by atoms with Gasteiger partial charge >= 0.3 is 0 Å². The van der Waals surface area contributed by atoms with Crippen LogP contribution in [0.1, 0.15) is 52.9 Å². The van der Waals surface area contributed by atoms with Gasteiger partial charge in [0, 0.05) is 16.7 Å². The molecule has 0 aromatic carbocycles. The average molecular weight is 421 g/mol. The van der Waals surface area contributed by atoms with Gasteiger partial charge in [0.05, 0.1) is 11.5 Å². The minimum absolute atomic E-state index is 0.00362. The number of hydrogen-bond acceptors (Lipinski definition) is 6. The molecule has 4 aliphatic carbocycles. The van der Waals surface area contributed by atoms with Crippen molar-refractivity contribution in [3.63, 3.8) is 0 Å². The van der Waals surface area contributed by atoms with Crippen LogP contribution in [0.3, 0.4) is 0 Å². The normalized spacial score (nSPS) is 47.1. The maximum atomic E-state index is 13.0. The minimum atomic E-state index is -1.48. The number of ether oxygens (including phenoxy) is 1. The number of aliphatic hydroxyl groups is 2. The van der Waals surface area contributed by atoms with Crippen LogP contribution < -0.4 is 0 Å². The van der Waals surface area contributed by atoms with Crippen LogP contribution in [0.25, 0.3) is 0 Å². The molecule has 0 spiro atoms. The number of thiol groups is 1. The Hall–Kier alpha value is -0.950. The first-order chi connectivity index (χ1) is 13.5. The first-order valence-corrected chi connectivity index (χ1v) is 11.2. The molecule has 3 fully saturated rings. The van der Waals surface area contributed by atoms with Crippen molar-refractivity contribution in [3.05, 3.63) is 23.8 Å². The number of carbonyl (C=O) groups excluding carboxylic acids is 2. The summed E-state index contributed by atoms with van der Waals surface area (Å²) in [5.41, 5.74) is -1.78. The highest BCUT2D eigenvalue weighted by molar-refractivity contribution is 7.80. The van der Waals surface area contributed by atoms with Gasteiger partial charge in [-0.15, -0.1) is 12.6 Å². The van der Waals surface area contributed by atoms with E-state index in [0.29, 0.717) is 12.8 Å². The summed E-state index contributed by atoms with van der Waals surface area (Å²) < 4.78 is 5.38. The summed E-state index contributed by atoms with van der Waals surface area (Å²) in [4.78, 5) is 24.9. The molecule has 8 atom stereocenters. The molecule has 0 saturated heterocycles. The summed E-state index contributed by atoms with van der Waals surface area (Å²) in [6.07, 6.45) is 7.93. The maximum absolute atomic E-state index is 13.0. The van der Waals surface area contributed by atoms with Crippen LogP contribution in [0.4, 0.5) is 0 Å². The summed E-state index contributed by atoms with van der Waals surface area (Å²) >= 11 is 4.16. The van der Waals surface area contributed by atoms with Crippen LogP contribution >= 0.6 is 12.6 Å². The highest BCUT2D eigenvalue weighted by Crippen LogP contribution is 2.67. The molecule has 5 nitrogen and oxygen atoms in total. The van der Waals surface area contributed by atoms with E-state index < -0.39 is 17.1 Å². The van der Waals surface area contributed by atoms with Crippen molar-refractivity contribution in [2.24, 2.45) is 28.6 Å². The third-order valence-electron chi connectivity index (χ3n) is 8.56. The third-order valence-corrected chi connectivity index (χ3v) is 8.71. The van der Waals surface area contributed by atoms with Crippen LogP contribution in [0.15, 0.2) is 23.8 Å². The number of hydrogen-bond donors (Lipinski definition) is 3. The predicted molar refractivity (Wildman–Crippen MR) is 112 cm³/mol. The lowest BCUT2D eigenvalue weighted by molar-refractivity contribution is -0.179. The molecule has 0 aromatic heterocycles. The molecule has 29 heavy (non-hydrogen) atoms. The summed E-state index contributed by atoms with van der Waals surface area (Å²) in [5.74, 6) is 0.0687. The molecule has 6 heteroatoms. The average Bonchev–Trinajstić information content (AvgIpc) is 2.91. The number of allylic oxidation sites excluding steroid dienone is 4. The molecule has 0 amide bonds. The van der Waals surface area contributed by atoms with Gasteiger partial charge in [0.2, 0.25) is 0 Å². The fourth-order valence-corrected chi connectivity index (χ4v) is 7.18. The summed E-state index contributed by atoms with van der Waals surface area (Å²) in [7, 11) is 0. The van der Waals surface area contributed by atoms with E-state index in [0.717, 1.165) is 24.8 Å². The highest BCUT2D eigenvalue weighted by Gasteiger charge is 2.68. The minimum Gasteiger partial charge on any atom is -0.393 e. The van der Waals surface area contributed by atoms with Crippen molar-refractivity contribution in [2.45, 2.75) is 70.0 Å². The number of carbonyl (C=O) groups is 2. The molecule has 0 bridgehead atoms. The number of rotatable bonds is 4. The lowest BCUT2D eigenvalue weighted by atomic mass is 9.46. The zero-order chi connectivity index (χ0) is 21.2. The van der Waals surface area contributed by atoms with Crippen LogP contribution in [-0.4, -0.2) is 45.5 Å². The van der Waals surface area contributed by atoms with Crippen LogP contribution in [-0.2, 0) is 14.3 Å². The number of ketones is 2. The van der Waals surface area contributed by atoms with E-state index in [1.54, 1.807) is 19.1 Å². The molecule has 160 valence electrons. The lowest BCUT2D eigenvalue weighted by Gasteiger charge is -2.59. The first kappa shape index (κ1) is 21.3. The topological polar surface area (TPSA) is 83.8 Å². The Morgan fingerprint density at radius 3 is 2.79 bits per heavy atom. The van der Waals surface area contributed by atoms with Crippen molar-refractivity contribution in [1.82, 2.24) is 0 Å². The van der Waals surface area contributed by atoms with Gasteiger partial charge in [0.25, 0.3) is 0 Å². The summed E-state index contributed by atoms with van der Waals surface area (Å²) in [6, 6.07) is 0. The van der Waals surface area contributed by atoms with Gasteiger partial charge in [-0.3, -0.25) is 9.59 Å². The van der Waals surface area contributed by atoms with E-state index in [9.17, 15) is 19.8 Å². The van der Waals surface area contributed by atoms with Gasteiger partial charge in [-0.1, -0.05) is 25.5 Å².